The van der Waals surface area contributed by atoms with E-state index in [-0.39, 0.29) is 51.6 Å². The van der Waals surface area contributed by atoms with Crippen LogP contribution in [0.15, 0.2) is 41.3 Å². The molecule has 2 aromatic carbocycles. The van der Waals surface area contributed by atoms with Gasteiger partial charge in [0.2, 0.25) is 15.9 Å². The van der Waals surface area contributed by atoms with E-state index in [1.54, 1.807) is 13.8 Å². The van der Waals surface area contributed by atoms with E-state index in [2.05, 4.69) is 15.1 Å². The van der Waals surface area contributed by atoms with E-state index in [0.29, 0.717) is 12.0 Å². The van der Waals surface area contributed by atoms with Crippen LogP contribution in [0, 0.1) is 19.7 Å². The summed E-state index contributed by atoms with van der Waals surface area (Å²) < 4.78 is 50.0. The number of carbonyl (C=O) groups is 2. The van der Waals surface area contributed by atoms with Gasteiger partial charge in [-0.25, -0.2) is 27.0 Å². The SMILES string of the molecule is CC[C@H](C)NS(=O)(=O)c1cc(NC(=O)c2ccc(F)c(C)c2)ccc1Oc1c(C)c(C(=O)O)nn1CC. The van der Waals surface area contributed by atoms with Gasteiger partial charge in [-0.15, -0.1) is 0 Å². The van der Waals surface area contributed by atoms with Crippen molar-refractivity contribution in [2.24, 2.45) is 0 Å². The number of aryl methyl sites for hydroxylation is 2. The number of sulfonamides is 1. The summed E-state index contributed by atoms with van der Waals surface area (Å²) in [4.78, 5) is 24.0. The Morgan fingerprint density at radius 1 is 1.16 bits per heavy atom. The summed E-state index contributed by atoms with van der Waals surface area (Å²) in [5, 5.41) is 16.1. The molecule has 3 aromatic rings. The number of carboxylic acids is 1. The third-order valence-electron chi connectivity index (χ3n) is 5.72. The fourth-order valence-corrected chi connectivity index (χ4v) is 4.95. The molecule has 3 rings (SSSR count). The van der Waals surface area contributed by atoms with Crippen molar-refractivity contribution in [3.8, 4) is 11.6 Å². The number of ether oxygens (including phenoxy) is 1. The molecule has 0 fully saturated rings. The van der Waals surface area contributed by atoms with Gasteiger partial charge in [0.25, 0.3) is 5.91 Å². The van der Waals surface area contributed by atoms with Gasteiger partial charge in [0.15, 0.2) is 5.69 Å². The fraction of sp³-hybridized carbons (Fsp3) is 0.320. The smallest absolute Gasteiger partial charge is 0.356 e. The van der Waals surface area contributed by atoms with Gasteiger partial charge in [0, 0.05) is 29.4 Å². The highest BCUT2D eigenvalue weighted by Gasteiger charge is 2.26. The molecule has 0 saturated heterocycles. The number of amides is 1. The number of halogens is 1. The predicted molar refractivity (Wildman–Crippen MR) is 135 cm³/mol. The number of rotatable bonds is 10. The van der Waals surface area contributed by atoms with Crippen molar-refractivity contribution in [1.82, 2.24) is 14.5 Å². The molecule has 37 heavy (non-hydrogen) atoms. The first kappa shape index (κ1) is 27.8. The van der Waals surface area contributed by atoms with Gasteiger partial charge in [0.05, 0.1) is 0 Å². The topological polar surface area (TPSA) is 140 Å². The summed E-state index contributed by atoms with van der Waals surface area (Å²) in [6.45, 7) is 8.59. The molecule has 1 heterocycles. The minimum Gasteiger partial charge on any atom is -0.476 e. The molecule has 0 unspecified atom stereocenters. The van der Waals surface area contributed by atoms with Gasteiger partial charge in [-0.2, -0.15) is 5.10 Å². The molecule has 0 radical (unpaired) electrons. The highest BCUT2D eigenvalue weighted by atomic mass is 32.2. The van der Waals surface area contributed by atoms with Crippen molar-refractivity contribution < 1.29 is 32.2 Å². The second kappa shape index (κ2) is 11.1. The van der Waals surface area contributed by atoms with Gasteiger partial charge >= 0.3 is 5.97 Å². The molecular formula is C25H29FN4O6S. The number of anilines is 1. The Balaban J connectivity index is 2.06. The zero-order chi connectivity index (χ0) is 27.5. The van der Waals surface area contributed by atoms with E-state index in [9.17, 15) is 27.5 Å². The van der Waals surface area contributed by atoms with Gasteiger partial charge in [-0.05, 0) is 76.1 Å². The molecule has 1 aromatic heterocycles. The van der Waals surface area contributed by atoms with Crippen LogP contribution in [0.25, 0.3) is 0 Å². The first-order valence-electron chi connectivity index (χ1n) is 11.6. The lowest BCUT2D eigenvalue weighted by Crippen LogP contribution is -2.32. The number of hydrogen-bond donors (Lipinski definition) is 3. The Morgan fingerprint density at radius 2 is 1.86 bits per heavy atom. The minimum atomic E-state index is -4.12. The Labute approximate surface area is 214 Å². The molecule has 198 valence electrons. The molecule has 12 heteroatoms. The first-order chi connectivity index (χ1) is 17.4. The number of nitrogens with one attached hydrogen (secondary N) is 2. The standard InChI is InChI=1S/C25H29FN4O6S/c1-6-15(4)29-37(34,35)21-13-18(27-23(31)17-8-10-19(26)14(3)12-17)9-11-20(21)36-24-16(5)22(25(32)33)28-30(24)7-2/h8-13,15,29H,6-7H2,1-5H3,(H,27,31)(H,32,33)/t15-/m0/s1. The molecule has 0 bridgehead atoms. The van der Waals surface area contributed by atoms with Crippen LogP contribution in [-0.2, 0) is 16.6 Å². The Kier molecular flexibility index (Phi) is 8.34. The average molecular weight is 533 g/mol. The second-order valence-corrected chi connectivity index (χ2v) is 10.2. The number of hydrogen-bond acceptors (Lipinski definition) is 6. The number of benzene rings is 2. The Bertz CT molecular complexity index is 1450. The van der Waals surface area contributed by atoms with Crippen molar-refractivity contribution in [1.29, 1.82) is 0 Å². The van der Waals surface area contributed by atoms with E-state index in [1.165, 1.54) is 54.9 Å². The van der Waals surface area contributed by atoms with E-state index in [4.69, 9.17) is 4.74 Å². The molecule has 1 amide bonds. The minimum absolute atomic E-state index is 0.0819. The maximum atomic E-state index is 13.6. The molecule has 3 N–H and O–H groups in total. The molecule has 1 atom stereocenters. The van der Waals surface area contributed by atoms with Gasteiger partial charge < -0.3 is 15.2 Å². The maximum Gasteiger partial charge on any atom is 0.356 e. The van der Waals surface area contributed by atoms with E-state index >= 15 is 0 Å². The monoisotopic (exact) mass is 532 g/mol. The van der Waals surface area contributed by atoms with Crippen LogP contribution in [0.1, 0.15) is 59.2 Å². The van der Waals surface area contributed by atoms with Crippen molar-refractivity contribution in [3.05, 3.63) is 64.6 Å². The summed E-state index contributed by atoms with van der Waals surface area (Å²) in [5.74, 6) is -2.24. The van der Waals surface area contributed by atoms with Crippen molar-refractivity contribution in [3.63, 3.8) is 0 Å². The molecule has 0 saturated carbocycles. The molecular weight excluding hydrogens is 503 g/mol. The van der Waals surface area contributed by atoms with E-state index in [1.807, 2.05) is 6.92 Å². The van der Waals surface area contributed by atoms with Crippen LogP contribution in [0.2, 0.25) is 0 Å². The Morgan fingerprint density at radius 3 is 2.46 bits per heavy atom. The summed E-state index contributed by atoms with van der Waals surface area (Å²) in [7, 11) is -4.12. The maximum absolute atomic E-state index is 13.6. The Hall–Kier alpha value is -3.77. The van der Waals surface area contributed by atoms with Crippen LogP contribution < -0.4 is 14.8 Å². The second-order valence-electron chi connectivity index (χ2n) is 8.51. The van der Waals surface area contributed by atoms with Crippen LogP contribution in [0.4, 0.5) is 10.1 Å². The largest absolute Gasteiger partial charge is 0.476 e. The summed E-state index contributed by atoms with van der Waals surface area (Å²) in [6, 6.07) is 7.56. The molecule has 0 aliphatic rings. The van der Waals surface area contributed by atoms with Crippen LogP contribution >= 0.6 is 0 Å². The normalized spacial score (nSPS) is 12.3. The van der Waals surface area contributed by atoms with E-state index in [0.717, 1.165) is 0 Å². The van der Waals surface area contributed by atoms with Crippen LogP contribution in [0.5, 0.6) is 11.6 Å². The highest BCUT2D eigenvalue weighted by molar-refractivity contribution is 7.89. The number of aromatic nitrogens is 2. The zero-order valence-electron chi connectivity index (χ0n) is 21.1. The summed E-state index contributed by atoms with van der Waals surface area (Å²) in [6.07, 6.45) is 0.527. The average Bonchev–Trinajstić information content (AvgIpc) is 3.16. The highest BCUT2D eigenvalue weighted by Crippen LogP contribution is 2.34. The molecule has 0 aliphatic heterocycles. The van der Waals surface area contributed by atoms with Gasteiger partial charge in [-0.3, -0.25) is 4.79 Å². The summed E-state index contributed by atoms with van der Waals surface area (Å²) >= 11 is 0. The van der Waals surface area contributed by atoms with Crippen molar-refractivity contribution >= 4 is 27.6 Å². The molecule has 10 nitrogen and oxygen atoms in total. The predicted octanol–water partition coefficient (Wildman–Crippen LogP) is 4.48. The summed E-state index contributed by atoms with van der Waals surface area (Å²) in [5.41, 5.74) is 0.677. The lowest BCUT2D eigenvalue weighted by Gasteiger charge is -2.17. The fourth-order valence-electron chi connectivity index (χ4n) is 3.47. The lowest BCUT2D eigenvalue weighted by molar-refractivity contribution is 0.0688. The number of carbonyl (C=O) groups excluding carboxylic acids is 1. The number of aromatic carboxylic acids is 1. The van der Waals surface area contributed by atoms with Crippen LogP contribution in [0.3, 0.4) is 0 Å². The van der Waals surface area contributed by atoms with Gasteiger partial charge in [0.1, 0.15) is 16.5 Å². The number of carboxylic acid groups (broad SMARTS) is 1. The van der Waals surface area contributed by atoms with Crippen molar-refractivity contribution in [2.45, 2.75) is 58.5 Å². The first-order valence-corrected chi connectivity index (χ1v) is 13.1. The molecule has 0 aliphatic carbocycles. The third kappa shape index (κ3) is 6.15. The lowest BCUT2D eigenvalue weighted by atomic mass is 10.1. The van der Waals surface area contributed by atoms with Crippen LogP contribution in [-0.4, -0.2) is 41.2 Å². The molecule has 0 spiro atoms. The number of nitrogens with zero attached hydrogens (tertiary/aromatic N) is 2. The van der Waals surface area contributed by atoms with E-state index < -0.39 is 27.7 Å². The van der Waals surface area contributed by atoms with Crippen molar-refractivity contribution in [2.75, 3.05) is 5.32 Å². The van der Waals surface area contributed by atoms with Gasteiger partial charge in [-0.1, -0.05) is 6.92 Å². The zero-order valence-corrected chi connectivity index (χ0v) is 21.9. The quantitative estimate of drug-likeness (QED) is 0.350. The third-order valence-corrected chi connectivity index (χ3v) is 7.33.